The summed E-state index contributed by atoms with van der Waals surface area (Å²) < 4.78 is 5.65. The zero-order valence-corrected chi connectivity index (χ0v) is 16.9. The summed E-state index contributed by atoms with van der Waals surface area (Å²) in [7, 11) is 4.03. The third kappa shape index (κ3) is 3.46. The smallest absolute Gasteiger partial charge is 0.355 e. The van der Waals surface area contributed by atoms with E-state index >= 15 is 0 Å². The molecular weight excluding hydrogens is 352 g/mol. The SMILES string of the molecule is Cc1c(C(=O)OC2CCCC2)[nH]c2c1C(=O)C[C@H](c1ccc(N(C)C)cc1)C2. The minimum atomic E-state index is -0.321. The third-order valence-corrected chi connectivity index (χ3v) is 6.15. The highest BCUT2D eigenvalue weighted by molar-refractivity contribution is 6.03. The number of aromatic amines is 1. The maximum Gasteiger partial charge on any atom is 0.355 e. The molecule has 2 aliphatic carbocycles. The Balaban J connectivity index is 1.56. The number of H-pyrrole nitrogens is 1. The molecule has 1 saturated carbocycles. The van der Waals surface area contributed by atoms with Gasteiger partial charge >= 0.3 is 5.97 Å². The molecule has 0 amide bonds. The first-order valence-electron chi connectivity index (χ1n) is 10.2. The topological polar surface area (TPSA) is 62.4 Å². The molecule has 1 aromatic carbocycles. The molecule has 1 fully saturated rings. The van der Waals surface area contributed by atoms with Crippen LogP contribution < -0.4 is 4.90 Å². The van der Waals surface area contributed by atoms with Gasteiger partial charge in [0.15, 0.2) is 5.78 Å². The van der Waals surface area contributed by atoms with Crippen LogP contribution in [-0.2, 0) is 11.2 Å². The van der Waals surface area contributed by atoms with Gasteiger partial charge in [0.05, 0.1) is 0 Å². The molecule has 0 aliphatic heterocycles. The van der Waals surface area contributed by atoms with Crippen LogP contribution in [0.4, 0.5) is 5.69 Å². The maximum absolute atomic E-state index is 12.9. The van der Waals surface area contributed by atoms with E-state index in [1.165, 1.54) is 0 Å². The summed E-state index contributed by atoms with van der Waals surface area (Å²) in [6, 6.07) is 8.37. The van der Waals surface area contributed by atoms with E-state index in [2.05, 4.69) is 34.1 Å². The van der Waals surface area contributed by atoms with Crippen LogP contribution in [0.3, 0.4) is 0 Å². The van der Waals surface area contributed by atoms with Gasteiger partial charge in [-0.05, 0) is 68.2 Å². The Morgan fingerprint density at radius 3 is 2.43 bits per heavy atom. The monoisotopic (exact) mass is 380 g/mol. The molecule has 4 rings (SSSR count). The number of nitrogens with one attached hydrogen (secondary N) is 1. The molecule has 5 nitrogen and oxygen atoms in total. The summed E-state index contributed by atoms with van der Waals surface area (Å²) in [6.07, 6.45) is 5.34. The van der Waals surface area contributed by atoms with Crippen molar-refractivity contribution >= 4 is 17.4 Å². The minimum absolute atomic E-state index is 0.0193. The quantitative estimate of drug-likeness (QED) is 0.799. The van der Waals surface area contributed by atoms with Gasteiger partial charge in [-0.1, -0.05) is 12.1 Å². The van der Waals surface area contributed by atoms with E-state index in [1.807, 2.05) is 21.0 Å². The second-order valence-corrected chi connectivity index (χ2v) is 8.30. The molecule has 0 unspecified atom stereocenters. The van der Waals surface area contributed by atoms with Crippen LogP contribution in [-0.4, -0.2) is 36.9 Å². The lowest BCUT2D eigenvalue weighted by Crippen LogP contribution is -2.18. The average Bonchev–Trinajstić information content (AvgIpc) is 3.29. The molecule has 0 bridgehead atoms. The van der Waals surface area contributed by atoms with Crippen LogP contribution in [0.2, 0.25) is 0 Å². The minimum Gasteiger partial charge on any atom is -0.458 e. The number of anilines is 1. The van der Waals surface area contributed by atoms with Crippen LogP contribution in [0.25, 0.3) is 0 Å². The predicted octanol–water partition coefficient (Wildman–Crippen LogP) is 4.40. The number of aromatic nitrogens is 1. The number of ketones is 1. The van der Waals surface area contributed by atoms with E-state index < -0.39 is 0 Å². The van der Waals surface area contributed by atoms with Crippen molar-refractivity contribution in [2.24, 2.45) is 0 Å². The first-order valence-corrected chi connectivity index (χ1v) is 10.2. The Morgan fingerprint density at radius 1 is 1.11 bits per heavy atom. The fraction of sp³-hybridized carbons (Fsp3) is 0.478. The summed E-state index contributed by atoms with van der Waals surface area (Å²) in [5, 5.41) is 0. The van der Waals surface area contributed by atoms with Crippen molar-refractivity contribution in [3.63, 3.8) is 0 Å². The third-order valence-electron chi connectivity index (χ3n) is 6.15. The lowest BCUT2D eigenvalue weighted by atomic mass is 9.81. The molecule has 28 heavy (non-hydrogen) atoms. The van der Waals surface area contributed by atoms with E-state index in [4.69, 9.17) is 4.74 Å². The van der Waals surface area contributed by atoms with Crippen molar-refractivity contribution in [3.8, 4) is 0 Å². The first-order chi connectivity index (χ1) is 13.4. The molecule has 2 aromatic rings. The summed E-state index contributed by atoms with van der Waals surface area (Å²) >= 11 is 0. The Bertz CT molecular complexity index is 889. The molecule has 0 saturated heterocycles. The summed E-state index contributed by atoms with van der Waals surface area (Å²) in [5.74, 6) is -0.0805. The van der Waals surface area contributed by atoms with Crippen LogP contribution in [0.1, 0.15) is 75.7 Å². The van der Waals surface area contributed by atoms with Gasteiger partial charge in [0.25, 0.3) is 0 Å². The number of carbonyl (C=O) groups is 2. The lowest BCUT2D eigenvalue weighted by Gasteiger charge is -2.23. The van der Waals surface area contributed by atoms with Crippen LogP contribution in [0, 0.1) is 6.92 Å². The van der Waals surface area contributed by atoms with Gasteiger partial charge in [-0.15, -0.1) is 0 Å². The standard InChI is InChI=1S/C23H28N2O3/c1-14-21-19(24-22(14)23(27)28-18-6-4-5-7-18)12-16(13-20(21)26)15-8-10-17(11-9-15)25(2)3/h8-11,16,18,24H,4-7,12-13H2,1-3H3/t16-/m1/s1. The van der Waals surface area contributed by atoms with Crippen molar-refractivity contribution in [3.05, 3.63) is 52.3 Å². The zero-order valence-electron chi connectivity index (χ0n) is 16.9. The fourth-order valence-corrected chi connectivity index (χ4v) is 4.53. The number of fused-ring (bicyclic) bond motifs is 1. The molecule has 0 spiro atoms. The maximum atomic E-state index is 12.9. The van der Waals surface area contributed by atoms with E-state index in [1.54, 1.807) is 0 Å². The molecule has 0 radical (unpaired) electrons. The number of nitrogens with zero attached hydrogens (tertiary/aromatic N) is 1. The highest BCUT2D eigenvalue weighted by atomic mass is 16.5. The van der Waals surface area contributed by atoms with Crippen molar-refractivity contribution in [2.45, 2.75) is 57.5 Å². The largest absolute Gasteiger partial charge is 0.458 e. The van der Waals surface area contributed by atoms with Gasteiger partial charge in [0, 0.05) is 37.5 Å². The van der Waals surface area contributed by atoms with Gasteiger partial charge in [0.1, 0.15) is 11.8 Å². The van der Waals surface area contributed by atoms with Gasteiger partial charge in [-0.2, -0.15) is 0 Å². The lowest BCUT2D eigenvalue weighted by molar-refractivity contribution is 0.0310. The van der Waals surface area contributed by atoms with E-state index in [0.29, 0.717) is 17.7 Å². The van der Waals surface area contributed by atoms with Crippen LogP contribution >= 0.6 is 0 Å². The summed E-state index contributed by atoms with van der Waals surface area (Å²) in [5.41, 5.74) is 5.05. The number of esters is 1. The van der Waals surface area contributed by atoms with Crippen molar-refractivity contribution in [2.75, 3.05) is 19.0 Å². The van der Waals surface area contributed by atoms with Crippen LogP contribution in [0.15, 0.2) is 24.3 Å². The van der Waals surface area contributed by atoms with Gasteiger partial charge in [0.2, 0.25) is 0 Å². The molecule has 1 atom stereocenters. The molecule has 5 heteroatoms. The van der Waals surface area contributed by atoms with Gasteiger partial charge in [-0.25, -0.2) is 4.79 Å². The Labute approximate surface area is 166 Å². The van der Waals surface area contributed by atoms with Gasteiger partial charge in [-0.3, -0.25) is 4.79 Å². The molecular formula is C23H28N2O3. The summed E-state index contributed by atoms with van der Waals surface area (Å²) in [6.45, 7) is 1.85. The van der Waals surface area contributed by atoms with E-state index in [0.717, 1.165) is 54.6 Å². The number of rotatable bonds is 4. The Kier molecular flexibility index (Phi) is 5.00. The average molecular weight is 380 g/mol. The molecule has 1 aromatic heterocycles. The van der Waals surface area contributed by atoms with E-state index in [-0.39, 0.29) is 23.8 Å². The van der Waals surface area contributed by atoms with E-state index in [9.17, 15) is 9.59 Å². The Morgan fingerprint density at radius 2 is 1.79 bits per heavy atom. The van der Waals surface area contributed by atoms with Crippen molar-refractivity contribution < 1.29 is 14.3 Å². The predicted molar refractivity (Wildman–Crippen MR) is 109 cm³/mol. The summed E-state index contributed by atoms with van der Waals surface area (Å²) in [4.78, 5) is 30.8. The number of hydrogen-bond acceptors (Lipinski definition) is 4. The number of ether oxygens (including phenoxy) is 1. The van der Waals surface area contributed by atoms with Crippen LogP contribution in [0.5, 0.6) is 0 Å². The zero-order chi connectivity index (χ0) is 19.8. The normalized spacial score (nSPS) is 19.5. The number of hydrogen-bond donors (Lipinski definition) is 1. The number of carbonyl (C=O) groups excluding carboxylic acids is 2. The fourth-order valence-electron chi connectivity index (χ4n) is 4.53. The van der Waals surface area contributed by atoms with Gasteiger partial charge < -0.3 is 14.6 Å². The number of benzene rings is 1. The second kappa shape index (κ2) is 7.46. The molecule has 1 N–H and O–H groups in total. The number of Topliss-reactive ketones (excluding diaryl/α,β-unsaturated/α-hetero) is 1. The Hall–Kier alpha value is -2.56. The highest BCUT2D eigenvalue weighted by Crippen LogP contribution is 2.36. The highest BCUT2D eigenvalue weighted by Gasteiger charge is 2.33. The molecule has 2 aliphatic rings. The molecule has 1 heterocycles. The van der Waals surface area contributed by atoms with Crippen molar-refractivity contribution in [1.29, 1.82) is 0 Å². The first kappa shape index (κ1) is 18.8. The second-order valence-electron chi connectivity index (χ2n) is 8.30. The van der Waals surface area contributed by atoms with Crippen molar-refractivity contribution in [1.82, 2.24) is 4.98 Å². The molecule has 148 valence electrons.